The number of halogens is 2. The Morgan fingerprint density at radius 1 is 1.45 bits per heavy atom. The average Bonchev–Trinajstić information content (AvgIpc) is 2.92. The second-order valence-corrected chi connectivity index (χ2v) is 5.09. The summed E-state index contributed by atoms with van der Waals surface area (Å²) in [6.07, 6.45) is 4.68. The molecule has 0 heterocycles. The molecule has 1 aliphatic rings. The van der Waals surface area contributed by atoms with Gasteiger partial charge in [0.05, 0.1) is 11.1 Å². The predicted molar refractivity (Wildman–Crippen MR) is 75.1 cm³/mol. The standard InChI is InChI=1S/C14H16ClFN2O2/c15-11-6-5-9(7-12(11)16)13(19)8-17-14(20)18-10-3-1-2-4-10/h1-2,5-7,10,13,19H,3-4,8H2,(H2,17,18,20). The Hall–Kier alpha value is -1.59. The maximum atomic E-state index is 13.3. The summed E-state index contributed by atoms with van der Waals surface area (Å²) in [7, 11) is 0. The third-order valence-electron chi connectivity index (χ3n) is 3.13. The van der Waals surface area contributed by atoms with Crippen LogP contribution in [0.5, 0.6) is 0 Å². The van der Waals surface area contributed by atoms with E-state index in [1.165, 1.54) is 12.1 Å². The number of carbonyl (C=O) groups excluding carboxylic acids is 1. The smallest absolute Gasteiger partial charge is 0.315 e. The average molecular weight is 299 g/mol. The number of benzene rings is 1. The molecule has 0 aliphatic heterocycles. The van der Waals surface area contributed by atoms with Crippen LogP contribution < -0.4 is 10.6 Å². The zero-order chi connectivity index (χ0) is 14.5. The Kier molecular flexibility index (Phi) is 4.98. The number of aliphatic hydroxyl groups is 1. The summed E-state index contributed by atoms with van der Waals surface area (Å²) in [5, 5.41) is 15.2. The Bertz CT molecular complexity index is 514. The molecule has 0 saturated carbocycles. The van der Waals surface area contributed by atoms with Crippen molar-refractivity contribution in [2.24, 2.45) is 0 Å². The van der Waals surface area contributed by atoms with Crippen LogP contribution in [0.1, 0.15) is 24.5 Å². The van der Waals surface area contributed by atoms with Crippen LogP contribution in [0.3, 0.4) is 0 Å². The number of hydrogen-bond acceptors (Lipinski definition) is 2. The summed E-state index contributed by atoms with van der Waals surface area (Å²) in [6.45, 7) is 0.00700. The van der Waals surface area contributed by atoms with Gasteiger partial charge in [-0.25, -0.2) is 9.18 Å². The molecule has 0 aromatic heterocycles. The van der Waals surface area contributed by atoms with E-state index in [1.807, 2.05) is 12.2 Å². The summed E-state index contributed by atoms with van der Waals surface area (Å²) in [5.41, 5.74) is 0.370. The molecule has 1 aliphatic carbocycles. The lowest BCUT2D eigenvalue weighted by molar-refractivity contribution is 0.172. The van der Waals surface area contributed by atoms with E-state index in [2.05, 4.69) is 10.6 Å². The molecule has 0 bridgehead atoms. The maximum Gasteiger partial charge on any atom is 0.315 e. The van der Waals surface area contributed by atoms with E-state index in [-0.39, 0.29) is 23.6 Å². The van der Waals surface area contributed by atoms with Gasteiger partial charge in [-0.05, 0) is 30.5 Å². The highest BCUT2D eigenvalue weighted by molar-refractivity contribution is 6.30. The Labute approximate surface area is 121 Å². The summed E-state index contributed by atoms with van der Waals surface area (Å²) < 4.78 is 13.3. The van der Waals surface area contributed by atoms with Crippen LogP contribution >= 0.6 is 11.6 Å². The zero-order valence-corrected chi connectivity index (χ0v) is 11.5. The van der Waals surface area contributed by atoms with Crippen molar-refractivity contribution in [3.63, 3.8) is 0 Å². The topological polar surface area (TPSA) is 61.4 Å². The van der Waals surface area contributed by atoms with Crippen molar-refractivity contribution in [1.29, 1.82) is 0 Å². The molecular weight excluding hydrogens is 283 g/mol. The normalized spacial score (nSPS) is 16.1. The number of hydrogen-bond donors (Lipinski definition) is 3. The molecule has 1 unspecified atom stereocenters. The fourth-order valence-corrected chi connectivity index (χ4v) is 2.12. The molecule has 6 heteroatoms. The highest BCUT2D eigenvalue weighted by atomic mass is 35.5. The van der Waals surface area contributed by atoms with Crippen LogP contribution in [0.2, 0.25) is 5.02 Å². The first kappa shape index (κ1) is 14.8. The third-order valence-corrected chi connectivity index (χ3v) is 3.43. The number of carbonyl (C=O) groups is 1. The first-order valence-corrected chi connectivity index (χ1v) is 6.76. The molecule has 20 heavy (non-hydrogen) atoms. The summed E-state index contributed by atoms with van der Waals surface area (Å²) >= 11 is 5.57. The Morgan fingerprint density at radius 3 is 2.80 bits per heavy atom. The Morgan fingerprint density at radius 2 is 2.15 bits per heavy atom. The fraction of sp³-hybridized carbons (Fsp3) is 0.357. The first-order valence-electron chi connectivity index (χ1n) is 6.38. The lowest BCUT2D eigenvalue weighted by Gasteiger charge is -2.16. The van der Waals surface area contributed by atoms with Crippen LogP contribution in [0.15, 0.2) is 30.4 Å². The van der Waals surface area contributed by atoms with Crippen molar-refractivity contribution >= 4 is 17.6 Å². The minimum Gasteiger partial charge on any atom is -0.387 e. The van der Waals surface area contributed by atoms with Gasteiger partial charge < -0.3 is 15.7 Å². The van der Waals surface area contributed by atoms with Crippen molar-refractivity contribution in [2.75, 3.05) is 6.54 Å². The van der Waals surface area contributed by atoms with E-state index in [0.29, 0.717) is 5.56 Å². The van der Waals surface area contributed by atoms with Gasteiger partial charge in [0.15, 0.2) is 0 Å². The number of urea groups is 1. The van der Waals surface area contributed by atoms with Crippen molar-refractivity contribution in [1.82, 2.24) is 10.6 Å². The van der Waals surface area contributed by atoms with Crippen LogP contribution in [-0.2, 0) is 0 Å². The minimum absolute atomic E-state index is 0.000357. The highest BCUT2D eigenvalue weighted by Crippen LogP contribution is 2.19. The molecule has 2 amide bonds. The monoisotopic (exact) mass is 298 g/mol. The van der Waals surface area contributed by atoms with E-state index in [1.54, 1.807) is 0 Å². The molecule has 0 fully saturated rings. The van der Waals surface area contributed by atoms with Crippen molar-refractivity contribution < 1.29 is 14.3 Å². The van der Waals surface area contributed by atoms with Crippen LogP contribution in [0, 0.1) is 5.82 Å². The van der Waals surface area contributed by atoms with Crippen molar-refractivity contribution in [3.05, 3.63) is 46.8 Å². The SMILES string of the molecule is O=C(NCC(O)c1ccc(Cl)c(F)c1)NC1CC=CC1. The van der Waals surface area contributed by atoms with E-state index in [4.69, 9.17) is 11.6 Å². The van der Waals surface area contributed by atoms with Crippen molar-refractivity contribution in [3.8, 4) is 0 Å². The molecule has 1 atom stereocenters. The lowest BCUT2D eigenvalue weighted by Crippen LogP contribution is -2.42. The molecule has 1 aromatic carbocycles. The molecule has 2 rings (SSSR count). The van der Waals surface area contributed by atoms with Gasteiger partial charge in [-0.3, -0.25) is 0 Å². The van der Waals surface area contributed by atoms with Crippen molar-refractivity contribution in [2.45, 2.75) is 25.0 Å². The number of amides is 2. The van der Waals surface area contributed by atoms with E-state index >= 15 is 0 Å². The van der Waals surface area contributed by atoms with E-state index < -0.39 is 11.9 Å². The second-order valence-electron chi connectivity index (χ2n) is 4.68. The fourth-order valence-electron chi connectivity index (χ4n) is 2.00. The number of nitrogens with one attached hydrogen (secondary N) is 2. The molecule has 4 nitrogen and oxygen atoms in total. The summed E-state index contributed by atoms with van der Waals surface area (Å²) in [4.78, 5) is 11.6. The van der Waals surface area contributed by atoms with Gasteiger partial charge in [-0.15, -0.1) is 0 Å². The van der Waals surface area contributed by atoms with Gasteiger partial charge in [0.25, 0.3) is 0 Å². The number of aliphatic hydroxyl groups excluding tert-OH is 1. The van der Waals surface area contributed by atoms with Gasteiger partial charge in [-0.2, -0.15) is 0 Å². The predicted octanol–water partition coefficient (Wildman–Crippen LogP) is 2.53. The first-order chi connectivity index (χ1) is 9.56. The molecule has 0 radical (unpaired) electrons. The summed E-state index contributed by atoms with van der Waals surface area (Å²) in [5.74, 6) is -0.593. The molecule has 108 valence electrons. The van der Waals surface area contributed by atoms with Crippen LogP contribution in [-0.4, -0.2) is 23.7 Å². The minimum atomic E-state index is -0.978. The van der Waals surface area contributed by atoms with Gasteiger partial charge in [0.1, 0.15) is 5.82 Å². The van der Waals surface area contributed by atoms with Gasteiger partial charge in [0.2, 0.25) is 0 Å². The largest absolute Gasteiger partial charge is 0.387 e. The third kappa shape index (κ3) is 3.95. The van der Waals surface area contributed by atoms with E-state index in [9.17, 15) is 14.3 Å². The quantitative estimate of drug-likeness (QED) is 0.748. The van der Waals surface area contributed by atoms with Crippen LogP contribution in [0.25, 0.3) is 0 Å². The lowest BCUT2D eigenvalue weighted by atomic mass is 10.1. The van der Waals surface area contributed by atoms with Crippen LogP contribution in [0.4, 0.5) is 9.18 Å². The Balaban J connectivity index is 1.80. The van der Waals surface area contributed by atoms with Gasteiger partial charge in [0, 0.05) is 12.6 Å². The molecule has 1 aromatic rings. The molecule has 0 saturated heterocycles. The second kappa shape index (κ2) is 6.72. The van der Waals surface area contributed by atoms with Gasteiger partial charge >= 0.3 is 6.03 Å². The summed E-state index contributed by atoms with van der Waals surface area (Å²) in [6, 6.07) is 3.83. The zero-order valence-electron chi connectivity index (χ0n) is 10.8. The molecule has 0 spiro atoms. The highest BCUT2D eigenvalue weighted by Gasteiger charge is 2.15. The van der Waals surface area contributed by atoms with E-state index in [0.717, 1.165) is 18.9 Å². The maximum absolute atomic E-state index is 13.3. The van der Waals surface area contributed by atoms with Gasteiger partial charge in [-0.1, -0.05) is 29.8 Å². The molecule has 3 N–H and O–H groups in total. The number of rotatable bonds is 4. The molecular formula is C14H16ClFN2O2.